The Morgan fingerprint density at radius 3 is 2.39 bits per heavy atom. The van der Waals surface area contributed by atoms with E-state index in [1.807, 2.05) is 32.0 Å². The van der Waals surface area contributed by atoms with Gasteiger partial charge in [-0.1, -0.05) is 37.1 Å². The molecule has 1 aromatic carbocycles. The van der Waals surface area contributed by atoms with Crippen LogP contribution in [-0.4, -0.2) is 47.5 Å². The summed E-state index contributed by atoms with van der Waals surface area (Å²) in [5.41, 5.74) is 2.23. The molecule has 1 aliphatic rings. The Kier molecular flexibility index (Phi) is 8.48. The lowest BCUT2D eigenvalue weighted by Gasteiger charge is -2.32. The number of benzene rings is 1. The molecule has 172 valence electrons. The normalized spacial score (nSPS) is 14.5. The molecule has 0 spiro atoms. The van der Waals surface area contributed by atoms with Crippen molar-refractivity contribution in [1.82, 2.24) is 15.5 Å². The zero-order valence-electron chi connectivity index (χ0n) is 19.7. The highest BCUT2D eigenvalue weighted by Crippen LogP contribution is 2.36. The standard InChI is InChI=1S/C24H37N3O4/c1-7-8-13-25-22(29)21(19-12-9-16(2)14-17(19)3)27(18-10-11-18)20(28)15-26-23(30)31-24(4,5)6/h9,12,14,18,21H,7-8,10-11,13,15H2,1-6H3,(H,25,29)(H,26,30). The van der Waals surface area contributed by atoms with Gasteiger partial charge in [0.1, 0.15) is 18.2 Å². The molecule has 7 nitrogen and oxygen atoms in total. The summed E-state index contributed by atoms with van der Waals surface area (Å²) in [7, 11) is 0. The minimum atomic E-state index is -0.724. The number of aryl methyl sites for hydroxylation is 2. The van der Waals surface area contributed by atoms with Crippen LogP contribution < -0.4 is 10.6 Å². The molecule has 0 saturated heterocycles. The van der Waals surface area contributed by atoms with E-state index in [1.54, 1.807) is 25.7 Å². The van der Waals surface area contributed by atoms with Gasteiger partial charge in [0.25, 0.3) is 0 Å². The highest BCUT2D eigenvalue weighted by atomic mass is 16.6. The minimum Gasteiger partial charge on any atom is -0.444 e. The lowest BCUT2D eigenvalue weighted by atomic mass is 9.96. The fourth-order valence-electron chi connectivity index (χ4n) is 3.50. The van der Waals surface area contributed by atoms with Gasteiger partial charge >= 0.3 is 6.09 Å². The Morgan fingerprint density at radius 1 is 1.16 bits per heavy atom. The van der Waals surface area contributed by atoms with Crippen molar-refractivity contribution in [2.24, 2.45) is 0 Å². The van der Waals surface area contributed by atoms with E-state index in [9.17, 15) is 14.4 Å². The summed E-state index contributed by atoms with van der Waals surface area (Å²) >= 11 is 0. The molecule has 0 aromatic heterocycles. The van der Waals surface area contributed by atoms with Crippen LogP contribution in [0.5, 0.6) is 0 Å². The zero-order valence-corrected chi connectivity index (χ0v) is 19.7. The van der Waals surface area contributed by atoms with Crippen LogP contribution in [0.15, 0.2) is 18.2 Å². The number of carbonyl (C=O) groups is 3. The van der Waals surface area contributed by atoms with E-state index in [2.05, 4.69) is 17.6 Å². The van der Waals surface area contributed by atoms with E-state index in [4.69, 9.17) is 4.74 Å². The Labute approximate surface area is 185 Å². The van der Waals surface area contributed by atoms with E-state index in [0.29, 0.717) is 6.54 Å². The quantitative estimate of drug-likeness (QED) is 0.583. The number of carbonyl (C=O) groups excluding carboxylic acids is 3. The fourth-order valence-corrected chi connectivity index (χ4v) is 3.50. The van der Waals surface area contributed by atoms with Crippen molar-refractivity contribution in [3.8, 4) is 0 Å². The maximum atomic E-state index is 13.2. The van der Waals surface area contributed by atoms with Crippen molar-refractivity contribution >= 4 is 17.9 Å². The van der Waals surface area contributed by atoms with E-state index in [1.165, 1.54) is 0 Å². The van der Waals surface area contributed by atoms with Crippen molar-refractivity contribution < 1.29 is 19.1 Å². The lowest BCUT2D eigenvalue weighted by Crippen LogP contribution is -2.49. The van der Waals surface area contributed by atoms with Crippen LogP contribution in [-0.2, 0) is 14.3 Å². The molecule has 1 fully saturated rings. The fraction of sp³-hybridized carbons (Fsp3) is 0.625. The maximum Gasteiger partial charge on any atom is 0.408 e. The van der Waals surface area contributed by atoms with Gasteiger partial charge in [0.2, 0.25) is 11.8 Å². The highest BCUT2D eigenvalue weighted by Gasteiger charge is 2.41. The molecule has 0 aliphatic heterocycles. The van der Waals surface area contributed by atoms with E-state index >= 15 is 0 Å². The van der Waals surface area contributed by atoms with Crippen molar-refractivity contribution in [1.29, 1.82) is 0 Å². The zero-order chi connectivity index (χ0) is 23.2. The molecule has 1 aliphatic carbocycles. The van der Waals surface area contributed by atoms with Gasteiger partial charge in [-0.3, -0.25) is 9.59 Å². The summed E-state index contributed by atoms with van der Waals surface area (Å²) in [6, 6.07) is 5.19. The Morgan fingerprint density at radius 2 is 1.84 bits per heavy atom. The Balaban J connectivity index is 2.26. The van der Waals surface area contributed by atoms with Gasteiger partial charge in [-0.2, -0.15) is 0 Å². The first-order valence-corrected chi connectivity index (χ1v) is 11.2. The molecule has 0 radical (unpaired) electrons. The smallest absolute Gasteiger partial charge is 0.408 e. The topological polar surface area (TPSA) is 87.7 Å². The van der Waals surface area contributed by atoms with Gasteiger partial charge in [-0.25, -0.2) is 4.79 Å². The van der Waals surface area contributed by atoms with E-state index < -0.39 is 17.7 Å². The van der Waals surface area contributed by atoms with Crippen molar-refractivity contribution in [3.63, 3.8) is 0 Å². The molecule has 0 bridgehead atoms. The van der Waals surface area contributed by atoms with Gasteiger partial charge in [-0.05, 0) is 65.0 Å². The SMILES string of the molecule is CCCCNC(=O)C(c1ccc(C)cc1C)N(C(=O)CNC(=O)OC(C)(C)C)C1CC1. The van der Waals surface area contributed by atoms with Crippen LogP contribution in [0.4, 0.5) is 4.79 Å². The molecule has 1 aromatic rings. The highest BCUT2D eigenvalue weighted by molar-refractivity contribution is 5.91. The molecule has 1 atom stereocenters. The number of amides is 3. The molecular formula is C24H37N3O4. The molecule has 1 unspecified atom stereocenters. The molecule has 2 N–H and O–H groups in total. The van der Waals surface area contributed by atoms with Gasteiger partial charge < -0.3 is 20.3 Å². The van der Waals surface area contributed by atoms with Gasteiger partial charge in [-0.15, -0.1) is 0 Å². The number of nitrogens with zero attached hydrogens (tertiary/aromatic N) is 1. The number of hydrogen-bond acceptors (Lipinski definition) is 4. The van der Waals surface area contributed by atoms with Crippen LogP contribution in [0.2, 0.25) is 0 Å². The summed E-state index contributed by atoms with van der Waals surface area (Å²) in [5.74, 6) is -0.470. The van der Waals surface area contributed by atoms with Gasteiger partial charge in [0, 0.05) is 12.6 Å². The summed E-state index contributed by atoms with van der Waals surface area (Å²) < 4.78 is 5.23. The number of unbranched alkanes of at least 4 members (excludes halogenated alkanes) is 1. The molecule has 1 saturated carbocycles. The average Bonchev–Trinajstić information content (AvgIpc) is 3.48. The third-order valence-electron chi connectivity index (χ3n) is 5.09. The number of hydrogen-bond donors (Lipinski definition) is 2. The van der Waals surface area contributed by atoms with E-state index in [-0.39, 0.29) is 24.4 Å². The van der Waals surface area contributed by atoms with Crippen molar-refractivity contribution in [2.45, 2.75) is 84.9 Å². The number of alkyl carbamates (subject to hydrolysis) is 1. The average molecular weight is 432 g/mol. The molecule has 31 heavy (non-hydrogen) atoms. The minimum absolute atomic E-state index is 0.00411. The first-order valence-electron chi connectivity index (χ1n) is 11.2. The number of rotatable bonds is 9. The second kappa shape index (κ2) is 10.6. The molecule has 2 rings (SSSR count). The predicted molar refractivity (Wildman–Crippen MR) is 121 cm³/mol. The number of nitrogens with one attached hydrogen (secondary N) is 2. The predicted octanol–water partition coefficient (Wildman–Crippen LogP) is 3.78. The van der Waals surface area contributed by atoms with Gasteiger partial charge in [0.15, 0.2) is 0 Å². The summed E-state index contributed by atoms with van der Waals surface area (Å²) in [5, 5.41) is 5.53. The second-order valence-corrected chi connectivity index (χ2v) is 9.29. The Hall–Kier alpha value is -2.57. The van der Waals surface area contributed by atoms with Crippen LogP contribution in [0.1, 0.15) is 76.1 Å². The monoisotopic (exact) mass is 431 g/mol. The van der Waals surface area contributed by atoms with Gasteiger partial charge in [0.05, 0.1) is 0 Å². The molecule has 7 heteroatoms. The third kappa shape index (κ3) is 7.56. The summed E-state index contributed by atoms with van der Waals surface area (Å²) in [6.07, 6.45) is 2.90. The lowest BCUT2D eigenvalue weighted by molar-refractivity contribution is -0.140. The summed E-state index contributed by atoms with van der Waals surface area (Å²) in [4.78, 5) is 40.1. The van der Waals surface area contributed by atoms with Crippen molar-refractivity contribution in [2.75, 3.05) is 13.1 Å². The summed E-state index contributed by atoms with van der Waals surface area (Å²) in [6.45, 7) is 11.7. The maximum absolute atomic E-state index is 13.2. The van der Waals surface area contributed by atoms with E-state index in [0.717, 1.165) is 42.4 Å². The second-order valence-electron chi connectivity index (χ2n) is 9.29. The molecular weight excluding hydrogens is 394 g/mol. The van der Waals surface area contributed by atoms with Crippen LogP contribution in [0.3, 0.4) is 0 Å². The first-order chi connectivity index (χ1) is 14.5. The Bertz CT molecular complexity index is 797. The first kappa shape index (κ1) is 24.7. The van der Waals surface area contributed by atoms with Crippen LogP contribution in [0, 0.1) is 13.8 Å². The number of ether oxygens (including phenoxy) is 1. The van der Waals surface area contributed by atoms with Crippen LogP contribution >= 0.6 is 0 Å². The molecule has 3 amide bonds. The third-order valence-corrected chi connectivity index (χ3v) is 5.09. The van der Waals surface area contributed by atoms with Crippen LogP contribution in [0.25, 0.3) is 0 Å². The largest absolute Gasteiger partial charge is 0.444 e. The molecule has 0 heterocycles. The van der Waals surface area contributed by atoms with Crippen molar-refractivity contribution in [3.05, 3.63) is 34.9 Å².